The maximum absolute atomic E-state index is 5.68. The average molecular weight is 144 g/mol. The van der Waals surface area contributed by atoms with E-state index in [4.69, 9.17) is 20.9 Å². The van der Waals surface area contributed by atoms with Crippen molar-refractivity contribution in [1.29, 1.82) is 0 Å². The zero-order valence-electron chi connectivity index (χ0n) is 5.69. The van der Waals surface area contributed by atoms with Crippen LogP contribution in [0.15, 0.2) is 0 Å². The lowest BCUT2D eigenvalue weighted by molar-refractivity contribution is 0.0691. The number of rotatable bonds is 0. The van der Waals surface area contributed by atoms with E-state index in [0.717, 1.165) is 0 Å². The van der Waals surface area contributed by atoms with Crippen molar-refractivity contribution in [1.82, 2.24) is 0 Å². The van der Waals surface area contributed by atoms with E-state index in [0.29, 0.717) is 13.2 Å². The van der Waals surface area contributed by atoms with Gasteiger partial charge in [-0.25, -0.2) is 0 Å². The third-order valence-electron chi connectivity index (χ3n) is 2.13. The molecule has 2 aliphatic rings. The molecule has 0 aromatic rings. The van der Waals surface area contributed by atoms with Crippen molar-refractivity contribution in [2.75, 3.05) is 13.2 Å². The van der Waals surface area contributed by atoms with E-state index < -0.39 is 0 Å². The molecule has 4 nitrogen and oxygen atoms in total. The van der Waals surface area contributed by atoms with Gasteiger partial charge in [0, 0.05) is 0 Å². The molecule has 2 rings (SSSR count). The molecule has 2 heterocycles. The van der Waals surface area contributed by atoms with Gasteiger partial charge in [-0.2, -0.15) is 0 Å². The highest BCUT2D eigenvalue weighted by Gasteiger charge is 2.44. The van der Waals surface area contributed by atoms with E-state index in [1.165, 1.54) is 0 Å². The van der Waals surface area contributed by atoms with Crippen LogP contribution in [0.2, 0.25) is 0 Å². The van der Waals surface area contributed by atoms with Crippen molar-refractivity contribution >= 4 is 0 Å². The first kappa shape index (κ1) is 6.54. The Kier molecular flexibility index (Phi) is 1.42. The van der Waals surface area contributed by atoms with Gasteiger partial charge in [0.05, 0.1) is 25.3 Å². The average Bonchev–Trinajstić information content (AvgIpc) is 2.41. The Balaban J connectivity index is 2.09. The van der Waals surface area contributed by atoms with Crippen molar-refractivity contribution in [2.24, 2.45) is 11.5 Å². The summed E-state index contributed by atoms with van der Waals surface area (Å²) in [6.45, 7) is 1.17. The molecule has 0 unspecified atom stereocenters. The molecule has 58 valence electrons. The van der Waals surface area contributed by atoms with Crippen LogP contribution in [0.3, 0.4) is 0 Å². The fraction of sp³-hybridized carbons (Fsp3) is 1.00. The minimum Gasteiger partial charge on any atom is -0.372 e. The van der Waals surface area contributed by atoms with E-state index in [-0.39, 0.29) is 24.3 Å². The first-order chi connectivity index (χ1) is 4.79. The molecule has 0 bridgehead atoms. The van der Waals surface area contributed by atoms with Gasteiger partial charge < -0.3 is 20.9 Å². The van der Waals surface area contributed by atoms with Crippen LogP contribution in [0.5, 0.6) is 0 Å². The molecule has 4 N–H and O–H groups in total. The standard InChI is InChI=1S/C6H12N2O2/c7-3-1-9-6-4(8)2-10-5(3)6/h3-6H,1-2,7-8H2/t3-,4-,5-,6-/m1/s1. The van der Waals surface area contributed by atoms with Crippen LogP contribution in [0.1, 0.15) is 0 Å². The molecule has 2 aliphatic heterocycles. The van der Waals surface area contributed by atoms with Crippen LogP contribution in [-0.2, 0) is 9.47 Å². The lowest BCUT2D eigenvalue weighted by atomic mass is 10.1. The Hall–Kier alpha value is -0.160. The third-order valence-corrected chi connectivity index (χ3v) is 2.13. The lowest BCUT2D eigenvalue weighted by Crippen LogP contribution is -2.39. The highest BCUT2D eigenvalue weighted by molar-refractivity contribution is 4.97. The zero-order chi connectivity index (χ0) is 7.14. The predicted octanol–water partition coefficient (Wildman–Crippen LogP) is -1.56. The normalized spacial score (nSPS) is 53.4. The summed E-state index contributed by atoms with van der Waals surface area (Å²) in [5.74, 6) is 0. The maximum Gasteiger partial charge on any atom is 0.103 e. The fourth-order valence-corrected chi connectivity index (χ4v) is 1.56. The Bertz CT molecular complexity index is 126. The molecule has 2 saturated heterocycles. The summed E-state index contributed by atoms with van der Waals surface area (Å²) in [4.78, 5) is 0. The second kappa shape index (κ2) is 2.17. The van der Waals surface area contributed by atoms with Crippen molar-refractivity contribution in [2.45, 2.75) is 24.3 Å². The minimum atomic E-state index is 0.0264. The second-order valence-corrected chi connectivity index (χ2v) is 2.92. The Morgan fingerprint density at radius 1 is 0.900 bits per heavy atom. The lowest BCUT2D eigenvalue weighted by Gasteiger charge is -2.10. The summed E-state index contributed by atoms with van der Waals surface area (Å²) in [5, 5.41) is 0. The summed E-state index contributed by atoms with van der Waals surface area (Å²) in [6, 6.07) is 0.0529. The fourth-order valence-electron chi connectivity index (χ4n) is 1.56. The quantitative estimate of drug-likeness (QED) is 0.431. The van der Waals surface area contributed by atoms with Gasteiger partial charge in [-0.3, -0.25) is 0 Å². The van der Waals surface area contributed by atoms with Crippen molar-refractivity contribution in [3.05, 3.63) is 0 Å². The van der Waals surface area contributed by atoms with Crippen LogP contribution in [0.25, 0.3) is 0 Å². The zero-order valence-corrected chi connectivity index (χ0v) is 5.69. The molecule has 0 radical (unpaired) electrons. The second-order valence-electron chi connectivity index (χ2n) is 2.92. The molecule has 2 fully saturated rings. The molecule has 4 atom stereocenters. The molecule has 0 amide bonds. The third kappa shape index (κ3) is 0.769. The largest absolute Gasteiger partial charge is 0.372 e. The Morgan fingerprint density at radius 2 is 1.30 bits per heavy atom. The summed E-state index contributed by atoms with van der Waals surface area (Å²) < 4.78 is 10.7. The summed E-state index contributed by atoms with van der Waals surface area (Å²) in [6.07, 6.45) is 0.102. The monoisotopic (exact) mass is 144 g/mol. The highest BCUT2D eigenvalue weighted by Crippen LogP contribution is 2.24. The van der Waals surface area contributed by atoms with Crippen LogP contribution in [0, 0.1) is 0 Å². The summed E-state index contributed by atoms with van der Waals surface area (Å²) >= 11 is 0. The van der Waals surface area contributed by atoms with E-state index >= 15 is 0 Å². The molecular formula is C6H12N2O2. The smallest absolute Gasteiger partial charge is 0.103 e. The summed E-state index contributed by atoms with van der Waals surface area (Å²) in [7, 11) is 0. The molecule has 0 aromatic carbocycles. The van der Waals surface area contributed by atoms with Crippen molar-refractivity contribution in [3.8, 4) is 0 Å². The molecular weight excluding hydrogens is 132 g/mol. The SMILES string of the molecule is N[C@@H]1CO[C@H]2[C@@H]1OC[C@H]2N. The predicted molar refractivity (Wildman–Crippen MR) is 35.4 cm³/mol. The number of nitrogens with two attached hydrogens (primary N) is 2. The summed E-state index contributed by atoms with van der Waals surface area (Å²) in [5.41, 5.74) is 11.4. The Morgan fingerprint density at radius 3 is 1.70 bits per heavy atom. The topological polar surface area (TPSA) is 70.5 Å². The molecule has 0 aromatic heterocycles. The van der Waals surface area contributed by atoms with Crippen LogP contribution in [-0.4, -0.2) is 37.5 Å². The molecule has 4 heteroatoms. The minimum absolute atomic E-state index is 0.0264. The van der Waals surface area contributed by atoms with Crippen LogP contribution < -0.4 is 11.5 Å². The van der Waals surface area contributed by atoms with Gasteiger partial charge in [-0.05, 0) is 0 Å². The Labute approximate surface area is 59.5 Å². The van der Waals surface area contributed by atoms with Gasteiger partial charge >= 0.3 is 0 Å². The van der Waals surface area contributed by atoms with Gasteiger partial charge in [0.1, 0.15) is 12.2 Å². The molecule has 0 spiro atoms. The van der Waals surface area contributed by atoms with Crippen LogP contribution in [0.4, 0.5) is 0 Å². The first-order valence-electron chi connectivity index (χ1n) is 3.53. The van der Waals surface area contributed by atoms with Crippen molar-refractivity contribution in [3.63, 3.8) is 0 Å². The maximum atomic E-state index is 5.68. The van der Waals surface area contributed by atoms with E-state index in [9.17, 15) is 0 Å². The number of fused-ring (bicyclic) bond motifs is 1. The highest BCUT2D eigenvalue weighted by atomic mass is 16.6. The van der Waals surface area contributed by atoms with Gasteiger partial charge in [-0.1, -0.05) is 0 Å². The van der Waals surface area contributed by atoms with E-state index in [2.05, 4.69) is 0 Å². The molecule has 10 heavy (non-hydrogen) atoms. The van der Waals surface area contributed by atoms with Crippen molar-refractivity contribution < 1.29 is 9.47 Å². The first-order valence-corrected chi connectivity index (χ1v) is 3.53. The van der Waals surface area contributed by atoms with Crippen LogP contribution >= 0.6 is 0 Å². The number of hydrogen-bond donors (Lipinski definition) is 2. The molecule has 0 saturated carbocycles. The number of ether oxygens (including phenoxy) is 2. The molecule has 0 aliphatic carbocycles. The van der Waals surface area contributed by atoms with Gasteiger partial charge in [0.15, 0.2) is 0 Å². The number of hydrogen-bond acceptors (Lipinski definition) is 4. The van der Waals surface area contributed by atoms with E-state index in [1.807, 2.05) is 0 Å². The van der Waals surface area contributed by atoms with E-state index in [1.54, 1.807) is 0 Å². The van der Waals surface area contributed by atoms with Gasteiger partial charge in [0.25, 0.3) is 0 Å². The van der Waals surface area contributed by atoms with Gasteiger partial charge in [-0.15, -0.1) is 0 Å². The van der Waals surface area contributed by atoms with Gasteiger partial charge in [0.2, 0.25) is 0 Å².